The maximum Gasteiger partial charge on any atom is 0.309 e. The molecule has 13 nitrogen and oxygen atoms in total. The van der Waals surface area contributed by atoms with Gasteiger partial charge in [0.15, 0.2) is 5.65 Å². The highest BCUT2D eigenvalue weighted by molar-refractivity contribution is 5.98. The molecule has 14 heteroatoms. The van der Waals surface area contributed by atoms with Crippen molar-refractivity contribution >= 4 is 40.5 Å². The van der Waals surface area contributed by atoms with Crippen LogP contribution in [-0.2, 0) is 11.3 Å². The van der Waals surface area contributed by atoms with Crippen molar-refractivity contribution in [3.63, 3.8) is 0 Å². The number of hydrogen-bond acceptors (Lipinski definition) is 9. The second-order valence-corrected chi connectivity index (χ2v) is 11.9. The second kappa shape index (κ2) is 10.5. The second-order valence-electron chi connectivity index (χ2n) is 11.9. The van der Waals surface area contributed by atoms with Crippen LogP contribution in [0.15, 0.2) is 46.4 Å². The lowest BCUT2D eigenvalue weighted by Crippen LogP contribution is -2.54. The largest absolute Gasteiger partial charge is 0.481 e. The number of nitrogens with two attached hydrogens (primary N) is 1. The predicted molar refractivity (Wildman–Crippen MR) is 157 cm³/mol. The van der Waals surface area contributed by atoms with E-state index in [9.17, 15) is 33.5 Å². The van der Waals surface area contributed by atoms with Crippen LogP contribution in [-0.4, -0.2) is 43.3 Å². The molecule has 44 heavy (non-hydrogen) atoms. The third-order valence-corrected chi connectivity index (χ3v) is 9.57. The van der Waals surface area contributed by atoms with Crippen molar-refractivity contribution in [2.24, 2.45) is 10.8 Å². The number of halogens is 1. The predicted octanol–water partition coefficient (Wildman–Crippen LogP) is 2.26. The summed E-state index contributed by atoms with van der Waals surface area (Å²) in [6, 6.07) is 5.10. The minimum Gasteiger partial charge on any atom is -0.481 e. The summed E-state index contributed by atoms with van der Waals surface area (Å²) in [7, 11) is 0. The molecule has 4 aromatic rings. The lowest BCUT2D eigenvalue weighted by atomic mass is 9.52. The number of rotatable bonds is 9. The van der Waals surface area contributed by atoms with Crippen LogP contribution in [0.1, 0.15) is 72.0 Å². The van der Waals surface area contributed by atoms with E-state index in [0.29, 0.717) is 44.1 Å². The minimum absolute atomic E-state index is 0.0347. The molecule has 3 aliphatic carbocycles. The Morgan fingerprint density at radius 1 is 1.07 bits per heavy atom. The lowest BCUT2D eigenvalue weighted by molar-refractivity contribution is -0.159. The average Bonchev–Trinajstić information content (AvgIpc) is 3.52. The SMILES string of the molecule is C[C@H](NC(=O)c1cc(C(=O)NCc2ccc(F)c(Nc3c(N)c(=O)c3=O)c2)nc2cncn12)C12CCC(C(=O)O)(CC1)CC2. The number of nitrogens with one attached hydrogen (secondary N) is 3. The van der Waals surface area contributed by atoms with Gasteiger partial charge < -0.3 is 26.8 Å². The van der Waals surface area contributed by atoms with Gasteiger partial charge in [-0.3, -0.25) is 28.4 Å². The Bertz CT molecular complexity index is 1890. The smallest absolute Gasteiger partial charge is 0.309 e. The first-order chi connectivity index (χ1) is 20.9. The Morgan fingerprint density at radius 3 is 2.43 bits per heavy atom. The molecule has 2 bridgehead atoms. The van der Waals surface area contributed by atoms with Gasteiger partial charge in [0.1, 0.15) is 34.9 Å². The molecule has 0 radical (unpaired) electrons. The fraction of sp³-hybridized carbons (Fsp3) is 0.367. The fourth-order valence-corrected chi connectivity index (χ4v) is 6.53. The van der Waals surface area contributed by atoms with Gasteiger partial charge in [0, 0.05) is 12.6 Å². The minimum atomic E-state index is -0.839. The third kappa shape index (κ3) is 4.75. The highest BCUT2D eigenvalue weighted by Gasteiger charge is 2.54. The van der Waals surface area contributed by atoms with E-state index in [1.165, 1.54) is 35.1 Å². The lowest BCUT2D eigenvalue weighted by Gasteiger charge is -2.54. The van der Waals surface area contributed by atoms with Gasteiger partial charge >= 0.3 is 5.97 Å². The molecule has 2 heterocycles. The van der Waals surface area contributed by atoms with E-state index in [4.69, 9.17) is 5.73 Å². The van der Waals surface area contributed by atoms with Crippen molar-refractivity contribution in [2.45, 2.75) is 58.0 Å². The number of imidazole rings is 1. The number of aliphatic carboxylic acids is 1. The number of nitrogen functional groups attached to an aromatic ring is 1. The molecular formula is C30H30FN7O6. The van der Waals surface area contributed by atoms with Crippen LogP contribution in [0.5, 0.6) is 0 Å². The van der Waals surface area contributed by atoms with E-state index < -0.39 is 39.9 Å². The number of carbonyl (C=O) groups is 3. The van der Waals surface area contributed by atoms with Crippen LogP contribution < -0.4 is 32.5 Å². The Morgan fingerprint density at radius 2 is 1.77 bits per heavy atom. The summed E-state index contributed by atoms with van der Waals surface area (Å²) in [5.41, 5.74) is 3.32. The van der Waals surface area contributed by atoms with Gasteiger partial charge in [-0.25, -0.2) is 14.4 Å². The Labute approximate surface area is 249 Å². The first-order valence-corrected chi connectivity index (χ1v) is 14.2. The zero-order valence-electron chi connectivity index (χ0n) is 23.8. The third-order valence-electron chi connectivity index (χ3n) is 9.57. The van der Waals surface area contributed by atoms with E-state index >= 15 is 0 Å². The average molecular weight is 604 g/mol. The molecule has 7 rings (SSSR count). The number of carboxylic acids is 1. The Balaban J connectivity index is 1.16. The van der Waals surface area contributed by atoms with Crippen molar-refractivity contribution in [1.82, 2.24) is 25.0 Å². The van der Waals surface area contributed by atoms with E-state index in [1.807, 2.05) is 6.92 Å². The molecule has 0 saturated heterocycles. The molecule has 2 amide bonds. The summed E-state index contributed by atoms with van der Waals surface area (Å²) in [4.78, 5) is 70.0. The van der Waals surface area contributed by atoms with Gasteiger partial charge in [0.2, 0.25) is 0 Å². The monoisotopic (exact) mass is 603 g/mol. The molecule has 1 atom stereocenters. The van der Waals surface area contributed by atoms with Crippen molar-refractivity contribution < 1.29 is 23.9 Å². The van der Waals surface area contributed by atoms with Gasteiger partial charge in [-0.15, -0.1) is 0 Å². The first-order valence-electron chi connectivity index (χ1n) is 14.2. The van der Waals surface area contributed by atoms with E-state index in [2.05, 4.69) is 25.9 Å². The number of carboxylic acid groups (broad SMARTS) is 1. The number of aromatic nitrogens is 3. The quantitative estimate of drug-likeness (QED) is 0.177. The van der Waals surface area contributed by atoms with Crippen LogP contribution in [0.25, 0.3) is 5.65 Å². The number of fused-ring (bicyclic) bond motifs is 4. The van der Waals surface area contributed by atoms with Crippen molar-refractivity contribution in [2.75, 3.05) is 11.1 Å². The van der Waals surface area contributed by atoms with Crippen LogP contribution in [0.2, 0.25) is 0 Å². The summed E-state index contributed by atoms with van der Waals surface area (Å²) in [5.74, 6) is -2.44. The number of anilines is 3. The van der Waals surface area contributed by atoms with Crippen LogP contribution in [0, 0.1) is 16.6 Å². The molecule has 3 fully saturated rings. The number of amides is 2. The zero-order valence-corrected chi connectivity index (χ0v) is 23.8. The van der Waals surface area contributed by atoms with E-state index in [0.717, 1.165) is 6.07 Å². The molecule has 228 valence electrons. The van der Waals surface area contributed by atoms with Gasteiger partial charge in [0.05, 0.1) is 17.3 Å². The number of benzene rings is 1. The molecule has 0 spiro atoms. The van der Waals surface area contributed by atoms with Crippen LogP contribution in [0.4, 0.5) is 21.5 Å². The van der Waals surface area contributed by atoms with Crippen molar-refractivity contribution in [1.29, 1.82) is 0 Å². The summed E-state index contributed by atoms with van der Waals surface area (Å²) < 4.78 is 15.8. The van der Waals surface area contributed by atoms with Gasteiger partial charge in [-0.2, -0.15) is 0 Å². The zero-order chi connectivity index (χ0) is 31.4. The number of hydrogen-bond donors (Lipinski definition) is 5. The van der Waals surface area contributed by atoms with Gasteiger partial charge in [0.25, 0.3) is 22.7 Å². The maximum absolute atomic E-state index is 14.4. The normalized spacial score (nSPS) is 21.7. The molecule has 2 aromatic heterocycles. The van der Waals surface area contributed by atoms with E-state index in [1.54, 1.807) is 0 Å². The topological polar surface area (TPSA) is 198 Å². The molecule has 3 aliphatic rings. The van der Waals surface area contributed by atoms with Crippen molar-refractivity contribution in [3.05, 3.63) is 80.0 Å². The molecule has 3 saturated carbocycles. The highest BCUT2D eigenvalue weighted by Crippen LogP contribution is 2.58. The first kappa shape index (κ1) is 29.0. The molecule has 0 aliphatic heterocycles. The molecule has 0 unspecified atom stereocenters. The highest BCUT2D eigenvalue weighted by atomic mass is 19.1. The molecular weight excluding hydrogens is 573 g/mol. The van der Waals surface area contributed by atoms with E-state index in [-0.39, 0.29) is 52.1 Å². The summed E-state index contributed by atoms with van der Waals surface area (Å²) in [5, 5.41) is 18.0. The Hall–Kier alpha value is -5.14. The standard InChI is InChI=1S/C30H30FN7O6/c1-15(29-4-7-30(8-5-29,9-6-29)28(43)44)35-27(42)20-11-19(36-21-13-33-14-38(20)21)26(41)34-12-16-2-3-17(31)18(10-16)37-23-22(32)24(39)25(23)40/h2-3,10-11,13-15,37H,4-9,12,32H2,1H3,(H,34,41)(H,35,42)(H,43,44)/t15-,29?,30?/m0/s1. The number of nitrogens with zero attached hydrogens (tertiary/aromatic N) is 3. The fourth-order valence-electron chi connectivity index (χ4n) is 6.53. The van der Waals surface area contributed by atoms with Crippen LogP contribution in [0.3, 0.4) is 0 Å². The summed E-state index contributed by atoms with van der Waals surface area (Å²) in [6.07, 6.45) is 6.76. The van der Waals surface area contributed by atoms with Crippen LogP contribution >= 0.6 is 0 Å². The van der Waals surface area contributed by atoms with Crippen molar-refractivity contribution in [3.8, 4) is 0 Å². The summed E-state index contributed by atoms with van der Waals surface area (Å²) >= 11 is 0. The Kier molecular flexibility index (Phi) is 6.94. The number of carbonyl (C=O) groups excluding carboxylic acids is 2. The van der Waals surface area contributed by atoms with Gasteiger partial charge in [-0.05, 0) is 74.6 Å². The van der Waals surface area contributed by atoms with Gasteiger partial charge in [-0.1, -0.05) is 6.07 Å². The molecule has 2 aromatic carbocycles. The maximum atomic E-state index is 14.4. The summed E-state index contributed by atoms with van der Waals surface area (Å²) in [6.45, 7) is 1.90. The molecule has 6 N–H and O–H groups in total.